The summed E-state index contributed by atoms with van der Waals surface area (Å²) in [7, 11) is 0. The second-order valence-corrected chi connectivity index (χ2v) is 3.80. The number of benzene rings is 1. The molecule has 0 heterocycles. The lowest BCUT2D eigenvalue weighted by molar-refractivity contribution is -0.139. The van der Waals surface area contributed by atoms with Crippen molar-refractivity contribution in [2.24, 2.45) is 5.92 Å². The zero-order valence-electron chi connectivity index (χ0n) is 8.77. The molecule has 3 heteroatoms. The van der Waals surface area contributed by atoms with Crippen molar-refractivity contribution in [3.8, 4) is 6.07 Å². The molecule has 15 heavy (non-hydrogen) atoms. The molecule has 1 N–H and O–H groups in total. The van der Waals surface area contributed by atoms with Gasteiger partial charge in [0.2, 0.25) is 0 Å². The van der Waals surface area contributed by atoms with Crippen molar-refractivity contribution in [2.75, 3.05) is 0 Å². The van der Waals surface area contributed by atoms with Gasteiger partial charge in [0, 0.05) is 0 Å². The number of carboxylic acid groups (broad SMARTS) is 1. The fourth-order valence-corrected chi connectivity index (χ4v) is 1.61. The number of nitrogens with zero attached hydrogens (tertiary/aromatic N) is 1. The largest absolute Gasteiger partial charge is 0.481 e. The molecule has 0 amide bonds. The maximum atomic E-state index is 11.1. The molecule has 1 unspecified atom stereocenters. The van der Waals surface area contributed by atoms with Gasteiger partial charge in [-0.15, -0.1) is 0 Å². The Kier molecular flexibility index (Phi) is 3.46. The van der Waals surface area contributed by atoms with Crippen LogP contribution in [0.4, 0.5) is 0 Å². The van der Waals surface area contributed by atoms with E-state index >= 15 is 0 Å². The Balaban J connectivity index is 3.12. The van der Waals surface area contributed by atoms with Gasteiger partial charge in [0.25, 0.3) is 0 Å². The summed E-state index contributed by atoms with van der Waals surface area (Å²) in [4.78, 5) is 11.1. The summed E-state index contributed by atoms with van der Waals surface area (Å²) in [5.74, 6) is -1.38. The van der Waals surface area contributed by atoms with Crippen LogP contribution in [0.25, 0.3) is 0 Å². The number of carboxylic acids is 1. The van der Waals surface area contributed by atoms with Crippen LogP contribution in [-0.4, -0.2) is 11.1 Å². The molecule has 0 fully saturated rings. The third kappa shape index (κ3) is 2.57. The van der Waals surface area contributed by atoms with E-state index in [1.54, 1.807) is 24.3 Å². The van der Waals surface area contributed by atoms with Gasteiger partial charge in [-0.2, -0.15) is 5.26 Å². The quantitative estimate of drug-likeness (QED) is 0.820. The molecule has 0 bridgehead atoms. The molecule has 0 aliphatic heterocycles. The summed E-state index contributed by atoms with van der Waals surface area (Å²) >= 11 is 0. The Morgan fingerprint density at radius 2 is 2.13 bits per heavy atom. The number of hydrogen-bond acceptors (Lipinski definition) is 2. The van der Waals surface area contributed by atoms with Gasteiger partial charge in [-0.25, -0.2) is 0 Å². The highest BCUT2D eigenvalue weighted by atomic mass is 16.4. The van der Waals surface area contributed by atoms with E-state index in [4.69, 9.17) is 10.4 Å². The van der Waals surface area contributed by atoms with Gasteiger partial charge >= 0.3 is 5.97 Å². The molecule has 1 atom stereocenters. The Bertz CT molecular complexity index is 404. The maximum Gasteiger partial charge on any atom is 0.311 e. The molecule has 0 spiro atoms. The van der Waals surface area contributed by atoms with Gasteiger partial charge in [-0.1, -0.05) is 26.0 Å². The van der Waals surface area contributed by atoms with Crippen molar-refractivity contribution in [3.05, 3.63) is 35.4 Å². The molecule has 0 saturated heterocycles. The van der Waals surface area contributed by atoms with Crippen molar-refractivity contribution in [1.29, 1.82) is 5.26 Å². The Morgan fingerprint density at radius 1 is 1.47 bits per heavy atom. The topological polar surface area (TPSA) is 61.1 Å². The highest BCUT2D eigenvalue weighted by Gasteiger charge is 2.23. The molecule has 0 aliphatic rings. The fraction of sp³-hybridized carbons (Fsp3) is 0.333. The lowest BCUT2D eigenvalue weighted by Gasteiger charge is -2.16. The third-order valence-corrected chi connectivity index (χ3v) is 2.31. The van der Waals surface area contributed by atoms with E-state index in [0.29, 0.717) is 11.1 Å². The van der Waals surface area contributed by atoms with E-state index in [2.05, 4.69) is 0 Å². The Labute approximate surface area is 89.0 Å². The van der Waals surface area contributed by atoms with Crippen LogP contribution in [0.1, 0.15) is 30.9 Å². The normalized spacial score (nSPS) is 12.1. The number of nitriles is 1. The van der Waals surface area contributed by atoms with Crippen LogP contribution in [0.3, 0.4) is 0 Å². The summed E-state index contributed by atoms with van der Waals surface area (Å²) in [5, 5.41) is 17.8. The molecule has 0 aliphatic carbocycles. The van der Waals surface area contributed by atoms with Crippen LogP contribution in [0.2, 0.25) is 0 Å². The highest BCUT2D eigenvalue weighted by Crippen LogP contribution is 2.25. The molecular formula is C12H13NO2. The SMILES string of the molecule is CC(C)C(C(=O)O)c1cccc(C#N)c1. The molecule has 3 nitrogen and oxygen atoms in total. The second kappa shape index (κ2) is 4.61. The van der Waals surface area contributed by atoms with Crippen LogP contribution in [0.5, 0.6) is 0 Å². The van der Waals surface area contributed by atoms with Crippen molar-refractivity contribution in [3.63, 3.8) is 0 Å². The lowest BCUT2D eigenvalue weighted by atomic mass is 9.88. The predicted molar refractivity (Wildman–Crippen MR) is 56.4 cm³/mol. The van der Waals surface area contributed by atoms with Gasteiger partial charge in [0.05, 0.1) is 17.6 Å². The monoisotopic (exact) mass is 203 g/mol. The Morgan fingerprint density at radius 3 is 2.60 bits per heavy atom. The van der Waals surface area contributed by atoms with Crippen molar-refractivity contribution >= 4 is 5.97 Å². The summed E-state index contributed by atoms with van der Waals surface area (Å²) in [6.07, 6.45) is 0. The van der Waals surface area contributed by atoms with Crippen LogP contribution in [-0.2, 0) is 4.79 Å². The van der Waals surface area contributed by atoms with E-state index in [9.17, 15) is 4.79 Å². The van der Waals surface area contributed by atoms with Crippen molar-refractivity contribution < 1.29 is 9.90 Å². The van der Waals surface area contributed by atoms with E-state index in [1.807, 2.05) is 19.9 Å². The first-order valence-corrected chi connectivity index (χ1v) is 4.79. The van der Waals surface area contributed by atoms with Gasteiger partial charge in [0.1, 0.15) is 0 Å². The summed E-state index contributed by atoms with van der Waals surface area (Å²) in [6.45, 7) is 3.72. The second-order valence-electron chi connectivity index (χ2n) is 3.80. The standard InChI is InChI=1S/C12H13NO2/c1-8(2)11(12(14)15)10-5-3-4-9(6-10)7-13/h3-6,8,11H,1-2H3,(H,14,15). The van der Waals surface area contributed by atoms with Gasteiger partial charge in [-0.3, -0.25) is 4.79 Å². The van der Waals surface area contributed by atoms with E-state index in [-0.39, 0.29) is 5.92 Å². The van der Waals surface area contributed by atoms with Crippen LogP contribution < -0.4 is 0 Å². The molecule has 1 rings (SSSR count). The zero-order valence-corrected chi connectivity index (χ0v) is 8.77. The number of hydrogen-bond donors (Lipinski definition) is 1. The van der Waals surface area contributed by atoms with Gasteiger partial charge in [0.15, 0.2) is 0 Å². The average molecular weight is 203 g/mol. The van der Waals surface area contributed by atoms with Crippen LogP contribution >= 0.6 is 0 Å². The summed E-state index contributed by atoms with van der Waals surface area (Å²) in [6, 6.07) is 8.78. The molecular weight excluding hydrogens is 190 g/mol. The molecule has 78 valence electrons. The van der Waals surface area contributed by atoms with Crippen molar-refractivity contribution in [1.82, 2.24) is 0 Å². The summed E-state index contributed by atoms with van der Waals surface area (Å²) in [5.41, 5.74) is 1.19. The van der Waals surface area contributed by atoms with E-state index in [0.717, 1.165) is 0 Å². The van der Waals surface area contributed by atoms with E-state index < -0.39 is 11.9 Å². The first kappa shape index (κ1) is 11.3. The zero-order chi connectivity index (χ0) is 11.4. The highest BCUT2D eigenvalue weighted by molar-refractivity contribution is 5.76. The smallest absolute Gasteiger partial charge is 0.311 e. The van der Waals surface area contributed by atoms with Gasteiger partial charge in [-0.05, 0) is 23.6 Å². The number of aliphatic carboxylic acids is 1. The van der Waals surface area contributed by atoms with Crippen molar-refractivity contribution in [2.45, 2.75) is 19.8 Å². The molecule has 0 aromatic heterocycles. The number of rotatable bonds is 3. The summed E-state index contributed by atoms with van der Waals surface area (Å²) < 4.78 is 0. The molecule has 0 saturated carbocycles. The van der Waals surface area contributed by atoms with E-state index in [1.165, 1.54) is 0 Å². The molecule has 0 radical (unpaired) electrons. The minimum Gasteiger partial charge on any atom is -0.481 e. The maximum absolute atomic E-state index is 11.1. The molecule has 1 aromatic carbocycles. The molecule has 1 aromatic rings. The predicted octanol–water partition coefficient (Wildman–Crippen LogP) is 2.38. The van der Waals surface area contributed by atoms with Crippen LogP contribution in [0, 0.1) is 17.2 Å². The fourth-order valence-electron chi connectivity index (χ4n) is 1.61. The first-order chi connectivity index (χ1) is 7.06. The minimum absolute atomic E-state index is 0.0106. The lowest BCUT2D eigenvalue weighted by Crippen LogP contribution is -2.17. The first-order valence-electron chi connectivity index (χ1n) is 4.79. The Hall–Kier alpha value is -1.82. The number of carbonyl (C=O) groups is 1. The van der Waals surface area contributed by atoms with Gasteiger partial charge < -0.3 is 5.11 Å². The average Bonchev–Trinajstić information content (AvgIpc) is 2.17. The third-order valence-electron chi connectivity index (χ3n) is 2.31. The van der Waals surface area contributed by atoms with Crippen LogP contribution in [0.15, 0.2) is 24.3 Å². The minimum atomic E-state index is -0.847.